The van der Waals surface area contributed by atoms with E-state index in [4.69, 9.17) is 11.6 Å². The summed E-state index contributed by atoms with van der Waals surface area (Å²) in [5, 5.41) is 3.91. The monoisotopic (exact) mass is 393 g/mol. The first kappa shape index (κ1) is 18.2. The standard InChI is InChI=1S/C12H16BrClF3NOS/c1-2-4-18-9(3-5-19-7-12(15,16)17)10-6-8(14)11(13)20-10/h6,9,18H,2-5,7H2,1H3. The second-order valence-electron chi connectivity index (χ2n) is 4.23. The van der Waals surface area contributed by atoms with Gasteiger partial charge in [-0.1, -0.05) is 18.5 Å². The van der Waals surface area contributed by atoms with Crippen LogP contribution in [-0.4, -0.2) is 25.9 Å². The summed E-state index contributed by atoms with van der Waals surface area (Å²) in [5.74, 6) is 0. The third-order valence-electron chi connectivity index (χ3n) is 2.46. The Labute approximate surface area is 133 Å². The number of hydrogen-bond donors (Lipinski definition) is 1. The minimum absolute atomic E-state index is 0.0445. The number of nitrogens with one attached hydrogen (secondary N) is 1. The largest absolute Gasteiger partial charge is 0.411 e. The number of ether oxygens (including phenoxy) is 1. The molecule has 0 fully saturated rings. The average molecular weight is 395 g/mol. The third kappa shape index (κ3) is 6.76. The summed E-state index contributed by atoms with van der Waals surface area (Å²) in [4.78, 5) is 0.992. The number of alkyl halides is 3. The maximum atomic E-state index is 12.0. The van der Waals surface area contributed by atoms with Crippen LogP contribution in [0.2, 0.25) is 5.02 Å². The van der Waals surface area contributed by atoms with Crippen LogP contribution in [0.1, 0.15) is 30.7 Å². The molecule has 0 aliphatic carbocycles. The van der Waals surface area contributed by atoms with Gasteiger partial charge in [-0.2, -0.15) is 13.2 Å². The van der Waals surface area contributed by atoms with Crippen LogP contribution >= 0.6 is 38.9 Å². The van der Waals surface area contributed by atoms with Crippen LogP contribution in [0.3, 0.4) is 0 Å². The minimum atomic E-state index is -4.28. The van der Waals surface area contributed by atoms with Gasteiger partial charge in [0.15, 0.2) is 0 Å². The summed E-state index contributed by atoms with van der Waals surface area (Å²) < 4.78 is 41.5. The van der Waals surface area contributed by atoms with Gasteiger partial charge in [-0.25, -0.2) is 0 Å². The zero-order valence-corrected chi connectivity index (χ0v) is 14.1. The van der Waals surface area contributed by atoms with Crippen molar-refractivity contribution < 1.29 is 17.9 Å². The Bertz CT molecular complexity index is 394. The molecule has 1 unspecified atom stereocenters. The van der Waals surface area contributed by atoms with Crippen molar-refractivity contribution in [3.63, 3.8) is 0 Å². The predicted octanol–water partition coefficient (Wildman–Crippen LogP) is 5.17. The van der Waals surface area contributed by atoms with Gasteiger partial charge in [0.05, 0.1) is 8.81 Å². The van der Waals surface area contributed by atoms with Crippen LogP contribution in [0, 0.1) is 0 Å². The Balaban J connectivity index is 2.52. The van der Waals surface area contributed by atoms with Crippen LogP contribution < -0.4 is 5.32 Å². The zero-order chi connectivity index (χ0) is 15.2. The summed E-state index contributed by atoms with van der Waals surface area (Å²) in [6.45, 7) is 1.66. The number of thiophene rings is 1. The quantitative estimate of drug-likeness (QED) is 0.614. The van der Waals surface area contributed by atoms with Gasteiger partial charge in [-0.05, 0) is 41.4 Å². The normalized spacial score (nSPS) is 13.7. The predicted molar refractivity (Wildman–Crippen MR) is 79.6 cm³/mol. The number of hydrogen-bond acceptors (Lipinski definition) is 3. The lowest BCUT2D eigenvalue weighted by atomic mass is 10.1. The van der Waals surface area contributed by atoms with E-state index in [0.717, 1.165) is 21.6 Å². The summed E-state index contributed by atoms with van der Waals surface area (Å²) in [6, 6.07) is 1.78. The third-order valence-corrected chi connectivity index (χ3v) is 5.05. The summed E-state index contributed by atoms with van der Waals surface area (Å²) in [5.41, 5.74) is 0. The molecule has 8 heteroatoms. The number of rotatable bonds is 8. The molecule has 2 nitrogen and oxygen atoms in total. The molecule has 20 heavy (non-hydrogen) atoms. The van der Waals surface area contributed by atoms with E-state index in [1.165, 1.54) is 11.3 Å². The van der Waals surface area contributed by atoms with Gasteiger partial charge in [0.2, 0.25) is 0 Å². The van der Waals surface area contributed by atoms with Crippen molar-refractivity contribution in [2.24, 2.45) is 0 Å². The van der Waals surface area contributed by atoms with Gasteiger partial charge in [0.25, 0.3) is 0 Å². The van der Waals surface area contributed by atoms with Crippen LogP contribution in [-0.2, 0) is 4.74 Å². The number of halogens is 5. The lowest BCUT2D eigenvalue weighted by molar-refractivity contribution is -0.174. The van der Waals surface area contributed by atoms with Gasteiger partial charge in [0.1, 0.15) is 6.61 Å². The van der Waals surface area contributed by atoms with Crippen molar-refractivity contribution in [2.75, 3.05) is 19.8 Å². The summed E-state index contributed by atoms with van der Waals surface area (Å²) >= 11 is 10.8. The Morgan fingerprint density at radius 1 is 1.50 bits per heavy atom. The molecule has 1 rings (SSSR count). The fraction of sp³-hybridized carbons (Fsp3) is 0.667. The Kier molecular flexibility index (Phi) is 7.82. The van der Waals surface area contributed by atoms with Crippen LogP contribution in [0.5, 0.6) is 0 Å². The molecule has 0 aliphatic rings. The van der Waals surface area contributed by atoms with Crippen LogP contribution in [0.15, 0.2) is 9.85 Å². The first-order valence-electron chi connectivity index (χ1n) is 6.16. The Morgan fingerprint density at radius 3 is 2.70 bits per heavy atom. The molecule has 1 aromatic heterocycles. The molecule has 0 saturated carbocycles. The highest BCUT2D eigenvalue weighted by Gasteiger charge is 2.27. The molecule has 0 amide bonds. The fourth-order valence-electron chi connectivity index (χ4n) is 1.59. The van der Waals surface area contributed by atoms with E-state index >= 15 is 0 Å². The first-order valence-corrected chi connectivity index (χ1v) is 8.15. The molecule has 1 atom stereocenters. The van der Waals surface area contributed by atoms with E-state index in [2.05, 4.69) is 26.0 Å². The lowest BCUT2D eigenvalue weighted by Gasteiger charge is -2.17. The highest BCUT2D eigenvalue weighted by molar-refractivity contribution is 9.11. The maximum absolute atomic E-state index is 12.0. The molecule has 0 spiro atoms. The van der Waals surface area contributed by atoms with Gasteiger partial charge in [-0.15, -0.1) is 11.3 Å². The SMILES string of the molecule is CCCNC(CCOCC(F)(F)F)c1cc(Cl)c(Br)s1. The van der Waals surface area contributed by atoms with Gasteiger partial charge in [-0.3, -0.25) is 0 Å². The topological polar surface area (TPSA) is 21.3 Å². The van der Waals surface area contributed by atoms with E-state index < -0.39 is 12.8 Å². The Morgan fingerprint density at radius 2 is 2.20 bits per heavy atom. The second kappa shape index (κ2) is 8.58. The summed E-state index contributed by atoms with van der Waals surface area (Å²) in [7, 11) is 0. The van der Waals surface area contributed by atoms with E-state index in [1.807, 2.05) is 13.0 Å². The summed E-state index contributed by atoms with van der Waals surface area (Å²) in [6.07, 6.45) is -2.86. The van der Waals surface area contributed by atoms with Crippen LogP contribution in [0.25, 0.3) is 0 Å². The second-order valence-corrected chi connectivity index (χ2v) is 7.04. The lowest BCUT2D eigenvalue weighted by Crippen LogP contribution is -2.24. The van der Waals surface area contributed by atoms with Crippen molar-refractivity contribution in [2.45, 2.75) is 32.0 Å². The fourth-order valence-corrected chi connectivity index (χ4v) is 3.44. The van der Waals surface area contributed by atoms with Gasteiger partial charge >= 0.3 is 6.18 Å². The van der Waals surface area contributed by atoms with Crippen molar-refractivity contribution in [3.8, 4) is 0 Å². The molecule has 0 aromatic carbocycles. The maximum Gasteiger partial charge on any atom is 0.411 e. The minimum Gasteiger partial charge on any atom is -0.372 e. The average Bonchev–Trinajstić information content (AvgIpc) is 2.67. The molecule has 0 aliphatic heterocycles. The molecule has 0 radical (unpaired) electrons. The van der Waals surface area contributed by atoms with E-state index in [9.17, 15) is 13.2 Å². The highest BCUT2D eigenvalue weighted by atomic mass is 79.9. The molecule has 1 heterocycles. The smallest absolute Gasteiger partial charge is 0.372 e. The first-order chi connectivity index (χ1) is 9.33. The zero-order valence-electron chi connectivity index (χ0n) is 10.9. The molecule has 1 aromatic rings. The van der Waals surface area contributed by atoms with Crippen molar-refractivity contribution in [3.05, 3.63) is 19.8 Å². The van der Waals surface area contributed by atoms with Crippen LogP contribution in [0.4, 0.5) is 13.2 Å². The molecule has 0 bridgehead atoms. The van der Waals surface area contributed by atoms with Crippen molar-refractivity contribution in [1.82, 2.24) is 5.32 Å². The molecule has 116 valence electrons. The highest BCUT2D eigenvalue weighted by Crippen LogP contribution is 2.36. The van der Waals surface area contributed by atoms with E-state index in [1.54, 1.807) is 0 Å². The van der Waals surface area contributed by atoms with Gasteiger partial charge < -0.3 is 10.1 Å². The van der Waals surface area contributed by atoms with E-state index in [-0.39, 0.29) is 12.6 Å². The molecular formula is C12H16BrClF3NOS. The van der Waals surface area contributed by atoms with Crippen molar-refractivity contribution in [1.29, 1.82) is 0 Å². The molecule has 0 saturated heterocycles. The Hall–Kier alpha value is 0.180. The van der Waals surface area contributed by atoms with Crippen molar-refractivity contribution >= 4 is 38.9 Å². The molecular weight excluding hydrogens is 379 g/mol. The van der Waals surface area contributed by atoms with E-state index in [0.29, 0.717) is 11.4 Å². The van der Waals surface area contributed by atoms with Gasteiger partial charge in [0, 0.05) is 17.5 Å². The molecule has 1 N–H and O–H groups in total.